The lowest BCUT2D eigenvalue weighted by molar-refractivity contribution is -0.384. The minimum absolute atomic E-state index is 0.0353. The molecule has 27 heavy (non-hydrogen) atoms. The van der Waals surface area contributed by atoms with Crippen molar-refractivity contribution in [3.05, 3.63) is 63.2 Å². The van der Waals surface area contributed by atoms with Gasteiger partial charge in [-0.15, -0.1) is 0 Å². The maximum Gasteiger partial charge on any atom is 0.271 e. The molecule has 1 amide bonds. The maximum absolute atomic E-state index is 12.4. The van der Waals surface area contributed by atoms with Gasteiger partial charge in [0.25, 0.3) is 5.69 Å². The third-order valence-corrected chi connectivity index (χ3v) is 5.22. The summed E-state index contributed by atoms with van der Waals surface area (Å²) in [4.78, 5) is 22.7. The average Bonchev–Trinajstić information content (AvgIpc) is 2.60. The van der Waals surface area contributed by atoms with E-state index in [1.165, 1.54) is 12.1 Å². The first-order chi connectivity index (χ1) is 12.6. The van der Waals surface area contributed by atoms with Gasteiger partial charge in [-0.05, 0) is 24.1 Å². The molecular formula is C17H18ClN3O5S. The van der Waals surface area contributed by atoms with E-state index in [-0.39, 0.29) is 16.4 Å². The average molecular weight is 412 g/mol. The van der Waals surface area contributed by atoms with Gasteiger partial charge in [0.15, 0.2) is 0 Å². The van der Waals surface area contributed by atoms with Crippen LogP contribution < -0.4 is 9.62 Å². The molecule has 144 valence electrons. The monoisotopic (exact) mass is 411 g/mol. The molecule has 10 heteroatoms. The summed E-state index contributed by atoms with van der Waals surface area (Å²) in [7, 11) is -3.74. The SMILES string of the molecule is CCc1ccccc1N(CC(=O)Nc1cc([N+](=O)[O-])ccc1Cl)S(C)(=O)=O. The van der Waals surface area contributed by atoms with E-state index in [1.54, 1.807) is 24.3 Å². The molecule has 2 rings (SSSR count). The number of aryl methyl sites for hydroxylation is 1. The van der Waals surface area contributed by atoms with Gasteiger partial charge in [-0.1, -0.05) is 36.7 Å². The lowest BCUT2D eigenvalue weighted by Crippen LogP contribution is -2.38. The third kappa shape index (κ3) is 5.18. The Morgan fingerprint density at radius 2 is 1.93 bits per heavy atom. The molecule has 0 unspecified atom stereocenters. The summed E-state index contributed by atoms with van der Waals surface area (Å²) in [5.74, 6) is -0.672. The van der Waals surface area contributed by atoms with Crippen LogP contribution in [0, 0.1) is 10.1 Å². The molecule has 0 atom stereocenters. The molecule has 0 aliphatic carbocycles. The Bertz CT molecular complexity index is 978. The van der Waals surface area contributed by atoms with Gasteiger partial charge in [0, 0.05) is 12.1 Å². The summed E-state index contributed by atoms with van der Waals surface area (Å²) < 4.78 is 25.5. The number of sulfonamides is 1. The molecule has 0 aliphatic rings. The Morgan fingerprint density at radius 1 is 1.26 bits per heavy atom. The summed E-state index contributed by atoms with van der Waals surface area (Å²) >= 11 is 5.97. The quantitative estimate of drug-likeness (QED) is 0.555. The van der Waals surface area contributed by atoms with E-state index < -0.39 is 27.4 Å². The molecule has 0 bridgehead atoms. The highest BCUT2D eigenvalue weighted by atomic mass is 35.5. The molecule has 2 aromatic carbocycles. The molecule has 8 nitrogen and oxygen atoms in total. The van der Waals surface area contributed by atoms with Gasteiger partial charge in [-0.2, -0.15) is 0 Å². The number of benzene rings is 2. The highest BCUT2D eigenvalue weighted by Gasteiger charge is 2.23. The Labute approximate surface area is 162 Å². The van der Waals surface area contributed by atoms with Crippen LogP contribution in [-0.2, 0) is 21.2 Å². The number of non-ortho nitro benzene ring substituents is 1. The van der Waals surface area contributed by atoms with Gasteiger partial charge in [-0.25, -0.2) is 8.42 Å². The molecule has 0 radical (unpaired) electrons. The lowest BCUT2D eigenvalue weighted by atomic mass is 10.1. The minimum atomic E-state index is -3.74. The van der Waals surface area contributed by atoms with E-state index in [2.05, 4.69) is 5.32 Å². The maximum atomic E-state index is 12.4. The van der Waals surface area contributed by atoms with E-state index in [4.69, 9.17) is 11.6 Å². The second-order valence-corrected chi connectivity index (χ2v) is 8.04. The Balaban J connectivity index is 2.31. The zero-order valence-corrected chi connectivity index (χ0v) is 16.2. The second-order valence-electron chi connectivity index (χ2n) is 5.72. The number of nitrogens with zero attached hydrogens (tertiary/aromatic N) is 2. The number of rotatable bonds is 7. The third-order valence-electron chi connectivity index (χ3n) is 3.76. The Kier molecular flexibility index (Phi) is 6.40. The summed E-state index contributed by atoms with van der Waals surface area (Å²) in [5, 5.41) is 13.4. The molecule has 1 N–H and O–H groups in total. The van der Waals surface area contributed by atoms with Crippen LogP contribution in [0.25, 0.3) is 0 Å². The van der Waals surface area contributed by atoms with Crippen LogP contribution in [0.3, 0.4) is 0 Å². The predicted molar refractivity (Wildman–Crippen MR) is 105 cm³/mol. The molecular weight excluding hydrogens is 394 g/mol. The van der Waals surface area contributed by atoms with Crippen molar-refractivity contribution in [3.8, 4) is 0 Å². The zero-order valence-electron chi connectivity index (χ0n) is 14.7. The normalized spacial score (nSPS) is 11.1. The van der Waals surface area contributed by atoms with E-state index in [1.807, 2.05) is 6.92 Å². The van der Waals surface area contributed by atoms with Gasteiger partial charge in [0.2, 0.25) is 15.9 Å². The zero-order chi connectivity index (χ0) is 20.2. The number of nitro groups is 1. The van der Waals surface area contributed by atoms with E-state index in [0.717, 1.165) is 22.2 Å². The number of nitro benzene ring substituents is 1. The van der Waals surface area contributed by atoms with Crippen LogP contribution >= 0.6 is 11.6 Å². The van der Waals surface area contributed by atoms with E-state index >= 15 is 0 Å². The molecule has 2 aromatic rings. The Hall–Kier alpha value is -2.65. The molecule has 0 spiro atoms. The van der Waals surface area contributed by atoms with Gasteiger partial charge in [-0.3, -0.25) is 19.2 Å². The topological polar surface area (TPSA) is 110 Å². The van der Waals surface area contributed by atoms with Gasteiger partial charge < -0.3 is 5.32 Å². The first-order valence-corrected chi connectivity index (χ1v) is 10.2. The highest BCUT2D eigenvalue weighted by Crippen LogP contribution is 2.27. The summed E-state index contributed by atoms with van der Waals surface area (Å²) in [5.41, 5.74) is 0.964. The van der Waals surface area contributed by atoms with Crippen molar-refractivity contribution in [2.75, 3.05) is 22.4 Å². The van der Waals surface area contributed by atoms with Crippen LogP contribution in [-0.4, -0.2) is 32.0 Å². The molecule has 0 fully saturated rings. The Morgan fingerprint density at radius 3 is 2.52 bits per heavy atom. The summed E-state index contributed by atoms with van der Waals surface area (Å²) in [6.45, 7) is 1.39. The van der Waals surface area contributed by atoms with Gasteiger partial charge in [0.05, 0.1) is 27.6 Å². The number of nitrogens with one attached hydrogen (secondary N) is 1. The fourth-order valence-corrected chi connectivity index (χ4v) is 3.53. The standard InChI is InChI=1S/C17H18ClN3O5S/c1-3-12-6-4-5-7-16(12)20(27(2,25)26)11-17(22)19-15-10-13(21(23)24)8-9-14(15)18/h4-10H,3,11H2,1-2H3,(H,19,22). The fraction of sp³-hybridized carbons (Fsp3) is 0.235. The van der Waals surface area contributed by atoms with Crippen LogP contribution in [0.15, 0.2) is 42.5 Å². The van der Waals surface area contributed by atoms with Crippen LogP contribution in [0.2, 0.25) is 5.02 Å². The van der Waals surface area contributed by atoms with Gasteiger partial charge >= 0.3 is 0 Å². The number of hydrogen-bond acceptors (Lipinski definition) is 5. The van der Waals surface area contributed by atoms with Crippen molar-refractivity contribution in [1.82, 2.24) is 0 Å². The smallest absolute Gasteiger partial charge is 0.271 e. The molecule has 0 saturated heterocycles. The summed E-state index contributed by atoms with van der Waals surface area (Å²) in [6.07, 6.45) is 1.59. The lowest BCUT2D eigenvalue weighted by Gasteiger charge is -2.24. The first kappa shape index (κ1) is 20.7. The van der Waals surface area contributed by atoms with Crippen molar-refractivity contribution in [2.45, 2.75) is 13.3 Å². The van der Waals surface area contributed by atoms with Crippen molar-refractivity contribution >= 4 is 44.6 Å². The van der Waals surface area contributed by atoms with Crippen LogP contribution in [0.4, 0.5) is 17.1 Å². The number of hydrogen-bond donors (Lipinski definition) is 1. The van der Waals surface area contributed by atoms with Crippen molar-refractivity contribution < 1.29 is 18.1 Å². The molecule has 0 aromatic heterocycles. The number of carbonyl (C=O) groups is 1. The van der Waals surface area contributed by atoms with Crippen molar-refractivity contribution in [1.29, 1.82) is 0 Å². The number of para-hydroxylation sites is 1. The molecule has 0 heterocycles. The first-order valence-electron chi connectivity index (χ1n) is 7.93. The second kappa shape index (κ2) is 8.36. The van der Waals surface area contributed by atoms with Gasteiger partial charge in [0.1, 0.15) is 6.54 Å². The van der Waals surface area contributed by atoms with Crippen molar-refractivity contribution in [2.24, 2.45) is 0 Å². The fourth-order valence-electron chi connectivity index (χ4n) is 2.48. The largest absolute Gasteiger partial charge is 0.323 e. The number of carbonyl (C=O) groups excluding carboxylic acids is 1. The van der Waals surface area contributed by atoms with Crippen LogP contribution in [0.1, 0.15) is 12.5 Å². The minimum Gasteiger partial charge on any atom is -0.323 e. The number of halogens is 1. The number of anilines is 2. The van der Waals surface area contributed by atoms with E-state index in [9.17, 15) is 23.3 Å². The molecule has 0 aliphatic heterocycles. The predicted octanol–water partition coefficient (Wildman–Crippen LogP) is 3.22. The summed E-state index contributed by atoms with van der Waals surface area (Å²) in [6, 6.07) is 10.5. The van der Waals surface area contributed by atoms with Crippen LogP contribution in [0.5, 0.6) is 0 Å². The molecule has 0 saturated carbocycles. The number of amides is 1. The highest BCUT2D eigenvalue weighted by molar-refractivity contribution is 7.92. The van der Waals surface area contributed by atoms with Crippen molar-refractivity contribution in [3.63, 3.8) is 0 Å². The van der Waals surface area contributed by atoms with E-state index in [0.29, 0.717) is 12.1 Å².